The van der Waals surface area contributed by atoms with Gasteiger partial charge in [-0.1, -0.05) is 0 Å². The maximum absolute atomic E-state index is 13.4. The Kier molecular flexibility index (Phi) is 7.78. The summed E-state index contributed by atoms with van der Waals surface area (Å²) in [6.07, 6.45) is 7.06. The van der Waals surface area contributed by atoms with Crippen molar-refractivity contribution in [3.8, 4) is 22.8 Å². The fourth-order valence-electron chi connectivity index (χ4n) is 5.08. The van der Waals surface area contributed by atoms with Crippen LogP contribution in [0.1, 0.15) is 54.6 Å². The molecule has 0 spiro atoms. The lowest BCUT2D eigenvalue weighted by Crippen LogP contribution is -2.44. The Morgan fingerprint density at radius 2 is 1.76 bits per heavy atom. The van der Waals surface area contributed by atoms with E-state index in [1.165, 1.54) is 26.3 Å². The van der Waals surface area contributed by atoms with Crippen LogP contribution in [0.15, 0.2) is 24.5 Å². The number of H-pyrrole nitrogens is 1. The second-order valence-electron chi connectivity index (χ2n) is 10.2. The minimum Gasteiger partial charge on any atom is -0.497 e. The van der Waals surface area contributed by atoms with E-state index in [9.17, 15) is 9.59 Å². The highest BCUT2D eigenvalue weighted by Crippen LogP contribution is 2.38. The van der Waals surface area contributed by atoms with Crippen molar-refractivity contribution >= 4 is 22.8 Å². The quantitative estimate of drug-likeness (QED) is 0.372. The topological polar surface area (TPSA) is 127 Å². The molecular formula is C28H35N5O5. The predicted octanol–water partition coefficient (Wildman–Crippen LogP) is 3.53. The fraction of sp³-hybridized carbons (Fsp3) is 0.500. The number of benzene rings is 1. The largest absolute Gasteiger partial charge is 0.497 e. The summed E-state index contributed by atoms with van der Waals surface area (Å²) in [5.74, 6) is 1.75. The third-order valence-electron chi connectivity index (χ3n) is 7.31. The molecule has 1 aromatic carbocycles. The molecule has 10 heteroatoms. The highest BCUT2D eigenvalue weighted by Gasteiger charge is 2.27. The first-order chi connectivity index (χ1) is 18.5. The summed E-state index contributed by atoms with van der Waals surface area (Å²) in [7, 11) is 3.13. The summed E-state index contributed by atoms with van der Waals surface area (Å²) >= 11 is 0. The van der Waals surface area contributed by atoms with Gasteiger partial charge >= 0.3 is 0 Å². The molecule has 2 aliphatic rings. The monoisotopic (exact) mass is 521 g/mol. The molecule has 2 aliphatic carbocycles. The molecule has 38 heavy (non-hydrogen) atoms. The smallest absolute Gasteiger partial charge is 0.255 e. The van der Waals surface area contributed by atoms with Crippen LogP contribution in [0.2, 0.25) is 0 Å². The Bertz CT molecular complexity index is 1310. The van der Waals surface area contributed by atoms with E-state index in [1.807, 2.05) is 25.1 Å². The number of carbonyl (C=O) groups excluding carboxylic acids is 2. The number of hydrogen-bond acceptors (Lipinski definition) is 7. The van der Waals surface area contributed by atoms with Gasteiger partial charge in [0.25, 0.3) is 5.91 Å². The van der Waals surface area contributed by atoms with Gasteiger partial charge < -0.3 is 29.8 Å². The molecule has 3 N–H and O–H groups in total. The van der Waals surface area contributed by atoms with Crippen molar-refractivity contribution in [1.29, 1.82) is 0 Å². The number of rotatable bonds is 10. The number of methoxy groups -OCH3 is 2. The number of fused-ring (bicyclic) bond motifs is 1. The Hall–Kier alpha value is -3.66. The Labute approximate surface area is 221 Å². The summed E-state index contributed by atoms with van der Waals surface area (Å²) in [5.41, 5.74) is 3.95. The van der Waals surface area contributed by atoms with Crippen LogP contribution in [0, 0.1) is 12.8 Å². The van der Waals surface area contributed by atoms with Gasteiger partial charge in [-0.05, 0) is 69.6 Å². The van der Waals surface area contributed by atoms with E-state index in [0.717, 1.165) is 42.7 Å². The van der Waals surface area contributed by atoms with E-state index in [2.05, 4.69) is 25.6 Å². The molecule has 3 aromatic rings. The SMILES string of the molecule is COCC(=O)NC1CCC(NC(=O)c2c(C)[nH]c3c(-c4cc(OC)ccc4OCC4CC4)ncnc23)CC1. The molecule has 0 aliphatic heterocycles. The van der Waals surface area contributed by atoms with E-state index in [4.69, 9.17) is 14.2 Å². The van der Waals surface area contributed by atoms with Gasteiger partial charge in [-0.2, -0.15) is 0 Å². The van der Waals surface area contributed by atoms with E-state index in [-0.39, 0.29) is 30.5 Å². The molecule has 0 unspecified atom stereocenters. The Balaban J connectivity index is 1.35. The summed E-state index contributed by atoms with van der Waals surface area (Å²) in [5, 5.41) is 6.17. The van der Waals surface area contributed by atoms with Gasteiger partial charge in [0, 0.05) is 30.5 Å². The van der Waals surface area contributed by atoms with Gasteiger partial charge in [-0.3, -0.25) is 9.59 Å². The lowest BCUT2D eigenvalue weighted by atomic mass is 9.91. The maximum atomic E-state index is 13.4. The zero-order valence-corrected chi connectivity index (χ0v) is 22.1. The lowest BCUT2D eigenvalue weighted by Gasteiger charge is -2.29. The van der Waals surface area contributed by atoms with Gasteiger partial charge in [0.1, 0.15) is 35.6 Å². The van der Waals surface area contributed by atoms with Gasteiger partial charge in [0.05, 0.1) is 24.8 Å². The molecule has 202 valence electrons. The van der Waals surface area contributed by atoms with E-state index in [0.29, 0.717) is 40.6 Å². The average Bonchev–Trinajstić information content (AvgIpc) is 3.68. The highest BCUT2D eigenvalue weighted by molar-refractivity contribution is 6.09. The molecule has 2 fully saturated rings. The third-order valence-corrected chi connectivity index (χ3v) is 7.31. The molecule has 2 heterocycles. The van der Waals surface area contributed by atoms with Crippen molar-refractivity contribution in [3.63, 3.8) is 0 Å². The van der Waals surface area contributed by atoms with Crippen LogP contribution in [0.25, 0.3) is 22.3 Å². The Morgan fingerprint density at radius 3 is 2.45 bits per heavy atom. The standard InChI is InChI=1S/C28H35N5O5/c1-16-24(28(35)33-19-8-6-18(7-9-19)32-23(34)14-36-2)26-27(31-16)25(29-15-30-26)21-12-20(37-3)10-11-22(21)38-13-17-4-5-17/h10-12,15,17-19,31H,4-9,13-14H2,1-3H3,(H,32,34)(H,33,35). The molecule has 2 aromatic heterocycles. The number of aromatic nitrogens is 3. The third kappa shape index (κ3) is 5.75. The van der Waals surface area contributed by atoms with Crippen molar-refractivity contribution in [2.75, 3.05) is 27.4 Å². The molecule has 0 bridgehead atoms. The van der Waals surface area contributed by atoms with Gasteiger partial charge in [0.15, 0.2) is 0 Å². The van der Waals surface area contributed by atoms with Crippen molar-refractivity contribution < 1.29 is 23.8 Å². The zero-order valence-electron chi connectivity index (χ0n) is 22.1. The molecule has 0 saturated heterocycles. The van der Waals surface area contributed by atoms with Crippen LogP contribution in [0.3, 0.4) is 0 Å². The van der Waals surface area contributed by atoms with Crippen LogP contribution in [0.4, 0.5) is 0 Å². The molecular weight excluding hydrogens is 486 g/mol. The first-order valence-corrected chi connectivity index (χ1v) is 13.2. The van der Waals surface area contributed by atoms with Crippen molar-refractivity contribution in [3.05, 3.63) is 35.8 Å². The first-order valence-electron chi connectivity index (χ1n) is 13.2. The minimum atomic E-state index is -0.166. The van der Waals surface area contributed by atoms with E-state index >= 15 is 0 Å². The summed E-state index contributed by atoms with van der Waals surface area (Å²) in [4.78, 5) is 37.7. The highest BCUT2D eigenvalue weighted by atomic mass is 16.5. The number of amides is 2. The molecule has 10 nitrogen and oxygen atoms in total. The van der Waals surface area contributed by atoms with Crippen LogP contribution >= 0.6 is 0 Å². The fourth-order valence-corrected chi connectivity index (χ4v) is 5.08. The Morgan fingerprint density at radius 1 is 1.03 bits per heavy atom. The number of nitrogens with zero attached hydrogens (tertiary/aromatic N) is 2. The van der Waals surface area contributed by atoms with Crippen LogP contribution in [-0.2, 0) is 9.53 Å². The number of ether oxygens (including phenoxy) is 3. The number of carbonyl (C=O) groups is 2. The molecule has 5 rings (SSSR count). The molecule has 2 saturated carbocycles. The summed E-state index contributed by atoms with van der Waals surface area (Å²) in [6.45, 7) is 2.60. The van der Waals surface area contributed by atoms with Crippen LogP contribution < -0.4 is 20.1 Å². The molecule has 2 amide bonds. The first kappa shape index (κ1) is 26.0. The predicted molar refractivity (Wildman–Crippen MR) is 142 cm³/mol. The van der Waals surface area contributed by atoms with Crippen LogP contribution in [0.5, 0.6) is 11.5 Å². The summed E-state index contributed by atoms with van der Waals surface area (Å²) < 4.78 is 16.5. The number of aryl methyl sites for hydroxylation is 1. The second-order valence-corrected chi connectivity index (χ2v) is 10.2. The lowest BCUT2D eigenvalue weighted by molar-refractivity contribution is -0.125. The van der Waals surface area contributed by atoms with Gasteiger partial charge in [0.2, 0.25) is 5.91 Å². The normalized spacial score (nSPS) is 19.2. The number of hydrogen-bond donors (Lipinski definition) is 3. The van der Waals surface area contributed by atoms with Crippen molar-refractivity contribution in [2.24, 2.45) is 5.92 Å². The number of nitrogens with one attached hydrogen (secondary N) is 3. The van der Waals surface area contributed by atoms with Gasteiger partial charge in [-0.25, -0.2) is 9.97 Å². The van der Waals surface area contributed by atoms with Crippen molar-refractivity contribution in [2.45, 2.75) is 57.5 Å². The van der Waals surface area contributed by atoms with Crippen LogP contribution in [-0.4, -0.2) is 66.3 Å². The van der Waals surface area contributed by atoms with Gasteiger partial charge in [-0.15, -0.1) is 0 Å². The summed E-state index contributed by atoms with van der Waals surface area (Å²) in [6, 6.07) is 5.83. The van der Waals surface area contributed by atoms with Crippen molar-refractivity contribution in [1.82, 2.24) is 25.6 Å². The molecule has 0 atom stereocenters. The van der Waals surface area contributed by atoms with E-state index in [1.54, 1.807) is 7.11 Å². The van der Waals surface area contributed by atoms with E-state index < -0.39 is 0 Å². The zero-order chi connectivity index (χ0) is 26.6. The maximum Gasteiger partial charge on any atom is 0.255 e. The number of aromatic amines is 1. The second kappa shape index (κ2) is 11.4. The average molecular weight is 522 g/mol. The molecule has 0 radical (unpaired) electrons. The minimum absolute atomic E-state index is 0.0320.